The molecule has 3 rings (SSSR count). The van der Waals surface area contributed by atoms with Crippen molar-refractivity contribution in [2.75, 3.05) is 5.73 Å². The van der Waals surface area contributed by atoms with Crippen LogP contribution in [-0.4, -0.2) is 20.2 Å². The van der Waals surface area contributed by atoms with E-state index in [9.17, 15) is 0 Å². The Kier molecular flexibility index (Phi) is 3.38. The number of tetrazole rings is 1. The highest BCUT2D eigenvalue weighted by Gasteiger charge is 2.30. The molecule has 0 unspecified atom stereocenters. The van der Waals surface area contributed by atoms with E-state index in [1.807, 2.05) is 16.8 Å². The number of nitrogens with two attached hydrogens (primary N) is 1. The molecule has 1 saturated carbocycles. The van der Waals surface area contributed by atoms with Gasteiger partial charge in [0.15, 0.2) is 5.82 Å². The number of hydrogen-bond donors (Lipinski definition) is 1. The Morgan fingerprint density at radius 2 is 2.10 bits per heavy atom. The number of aromatic nitrogens is 4. The fraction of sp³-hybridized carbons (Fsp3) is 0.500. The Balaban J connectivity index is 1.93. The summed E-state index contributed by atoms with van der Waals surface area (Å²) in [5.41, 5.74) is 7.48. The molecule has 1 aromatic carbocycles. The average molecular weight is 292 g/mol. The zero-order valence-electron chi connectivity index (χ0n) is 11.5. The summed E-state index contributed by atoms with van der Waals surface area (Å²) in [5.74, 6) is 0.711. The molecule has 0 amide bonds. The smallest absolute Gasteiger partial charge is 0.183 e. The third kappa shape index (κ3) is 2.50. The van der Waals surface area contributed by atoms with E-state index < -0.39 is 0 Å². The molecule has 1 aliphatic rings. The first-order valence-electron chi connectivity index (χ1n) is 6.89. The van der Waals surface area contributed by atoms with Crippen molar-refractivity contribution >= 4 is 17.3 Å². The standard InChI is InChI=1S/C14H18ClN5/c1-14(6-2-3-7-14)9-20-13(17-18-19-20)11-5-4-10(16)8-12(11)15/h4-5,8H,2-3,6-7,9,16H2,1H3. The second-order valence-corrected chi connectivity index (χ2v) is 6.32. The average Bonchev–Trinajstić information content (AvgIpc) is 3.00. The van der Waals surface area contributed by atoms with Gasteiger partial charge in [-0.1, -0.05) is 31.4 Å². The molecule has 0 atom stereocenters. The lowest BCUT2D eigenvalue weighted by molar-refractivity contribution is 0.267. The van der Waals surface area contributed by atoms with E-state index in [4.69, 9.17) is 17.3 Å². The highest BCUT2D eigenvalue weighted by molar-refractivity contribution is 6.33. The lowest BCUT2D eigenvalue weighted by Crippen LogP contribution is -2.21. The summed E-state index contributed by atoms with van der Waals surface area (Å²) in [4.78, 5) is 0. The van der Waals surface area contributed by atoms with Crippen LogP contribution in [0.2, 0.25) is 5.02 Å². The summed E-state index contributed by atoms with van der Waals surface area (Å²) < 4.78 is 1.86. The molecule has 1 fully saturated rings. The summed E-state index contributed by atoms with van der Waals surface area (Å²) in [5, 5.41) is 12.6. The van der Waals surface area contributed by atoms with Gasteiger partial charge in [-0.05, 0) is 46.9 Å². The number of hydrogen-bond acceptors (Lipinski definition) is 4. The van der Waals surface area contributed by atoms with Gasteiger partial charge in [0.05, 0.1) is 11.6 Å². The lowest BCUT2D eigenvalue weighted by atomic mass is 9.89. The molecule has 1 heterocycles. The van der Waals surface area contributed by atoms with Crippen molar-refractivity contribution in [2.45, 2.75) is 39.2 Å². The zero-order chi connectivity index (χ0) is 14.2. The first-order valence-corrected chi connectivity index (χ1v) is 7.27. The van der Waals surface area contributed by atoms with Crippen LogP contribution in [0.1, 0.15) is 32.6 Å². The maximum Gasteiger partial charge on any atom is 0.183 e. The summed E-state index contributed by atoms with van der Waals surface area (Å²) in [6, 6.07) is 5.42. The Labute approximate surface area is 123 Å². The SMILES string of the molecule is CC1(Cn2nnnc2-c2ccc(N)cc2Cl)CCCC1. The first kappa shape index (κ1) is 13.4. The molecule has 1 aliphatic carbocycles. The molecule has 2 aromatic rings. The van der Waals surface area contributed by atoms with Crippen LogP contribution in [-0.2, 0) is 6.54 Å². The van der Waals surface area contributed by atoms with Crippen molar-refractivity contribution in [2.24, 2.45) is 5.41 Å². The van der Waals surface area contributed by atoms with Gasteiger partial charge in [0.1, 0.15) is 0 Å². The summed E-state index contributed by atoms with van der Waals surface area (Å²) in [6.45, 7) is 3.13. The molecular formula is C14H18ClN5. The second-order valence-electron chi connectivity index (χ2n) is 5.92. The molecule has 20 heavy (non-hydrogen) atoms. The molecular weight excluding hydrogens is 274 g/mol. The molecule has 1 aromatic heterocycles. The molecule has 106 valence electrons. The van der Waals surface area contributed by atoms with Crippen LogP contribution in [0.25, 0.3) is 11.4 Å². The summed E-state index contributed by atoms with van der Waals surface area (Å²) in [6.07, 6.45) is 5.02. The van der Waals surface area contributed by atoms with Crippen molar-refractivity contribution in [3.8, 4) is 11.4 Å². The topological polar surface area (TPSA) is 69.6 Å². The van der Waals surface area contributed by atoms with Crippen LogP contribution in [0, 0.1) is 5.41 Å². The van der Waals surface area contributed by atoms with Gasteiger partial charge in [-0.15, -0.1) is 5.10 Å². The number of anilines is 1. The van der Waals surface area contributed by atoms with Gasteiger partial charge >= 0.3 is 0 Å². The maximum atomic E-state index is 6.26. The van der Waals surface area contributed by atoms with Gasteiger partial charge in [-0.25, -0.2) is 4.68 Å². The third-order valence-electron chi connectivity index (χ3n) is 4.11. The van der Waals surface area contributed by atoms with Crippen LogP contribution >= 0.6 is 11.6 Å². The fourth-order valence-corrected chi connectivity index (χ4v) is 3.24. The summed E-state index contributed by atoms with van der Waals surface area (Å²) in [7, 11) is 0. The number of rotatable bonds is 3. The Morgan fingerprint density at radius 1 is 1.35 bits per heavy atom. The van der Waals surface area contributed by atoms with Crippen molar-refractivity contribution in [3.63, 3.8) is 0 Å². The number of nitrogens with zero attached hydrogens (tertiary/aromatic N) is 4. The van der Waals surface area contributed by atoms with Crippen LogP contribution in [0.4, 0.5) is 5.69 Å². The largest absolute Gasteiger partial charge is 0.399 e. The predicted octanol–water partition coefficient (Wildman–Crippen LogP) is 3.16. The monoisotopic (exact) mass is 291 g/mol. The van der Waals surface area contributed by atoms with Crippen LogP contribution in [0.5, 0.6) is 0 Å². The van der Waals surface area contributed by atoms with E-state index in [-0.39, 0.29) is 5.41 Å². The normalized spacial score (nSPS) is 17.5. The van der Waals surface area contributed by atoms with E-state index in [1.54, 1.807) is 6.07 Å². The minimum absolute atomic E-state index is 0.282. The van der Waals surface area contributed by atoms with Crippen molar-refractivity contribution in [1.29, 1.82) is 0 Å². The lowest BCUT2D eigenvalue weighted by Gasteiger charge is -2.23. The quantitative estimate of drug-likeness (QED) is 0.882. The van der Waals surface area contributed by atoms with Crippen LogP contribution in [0.15, 0.2) is 18.2 Å². The van der Waals surface area contributed by atoms with Crippen LogP contribution < -0.4 is 5.73 Å². The van der Waals surface area contributed by atoms with Gasteiger partial charge < -0.3 is 5.73 Å². The van der Waals surface area contributed by atoms with Crippen molar-refractivity contribution in [3.05, 3.63) is 23.2 Å². The van der Waals surface area contributed by atoms with Crippen molar-refractivity contribution < 1.29 is 0 Å². The minimum Gasteiger partial charge on any atom is -0.399 e. The summed E-state index contributed by atoms with van der Waals surface area (Å²) >= 11 is 6.26. The molecule has 0 spiro atoms. The van der Waals surface area contributed by atoms with Crippen LogP contribution in [0.3, 0.4) is 0 Å². The van der Waals surface area contributed by atoms with Gasteiger partial charge in [0.2, 0.25) is 0 Å². The minimum atomic E-state index is 0.282. The molecule has 0 bridgehead atoms. The predicted molar refractivity (Wildman–Crippen MR) is 79.3 cm³/mol. The highest BCUT2D eigenvalue weighted by atomic mass is 35.5. The fourth-order valence-electron chi connectivity index (χ4n) is 2.96. The van der Waals surface area contributed by atoms with Gasteiger partial charge in [0.25, 0.3) is 0 Å². The second kappa shape index (κ2) is 5.05. The molecule has 0 saturated heterocycles. The Bertz CT molecular complexity index is 616. The van der Waals surface area contributed by atoms with Crippen molar-refractivity contribution in [1.82, 2.24) is 20.2 Å². The third-order valence-corrected chi connectivity index (χ3v) is 4.42. The number of benzene rings is 1. The van der Waals surface area contributed by atoms with E-state index >= 15 is 0 Å². The molecule has 5 nitrogen and oxygen atoms in total. The van der Waals surface area contributed by atoms with Gasteiger partial charge in [-0.2, -0.15) is 0 Å². The molecule has 6 heteroatoms. The van der Waals surface area contributed by atoms with E-state index in [0.717, 1.165) is 12.1 Å². The van der Waals surface area contributed by atoms with E-state index in [1.165, 1.54) is 25.7 Å². The number of halogens is 1. The molecule has 0 aliphatic heterocycles. The van der Waals surface area contributed by atoms with E-state index in [0.29, 0.717) is 16.5 Å². The number of nitrogen functional groups attached to an aromatic ring is 1. The Morgan fingerprint density at radius 3 is 2.80 bits per heavy atom. The maximum absolute atomic E-state index is 6.26. The first-order chi connectivity index (χ1) is 9.57. The van der Waals surface area contributed by atoms with Gasteiger partial charge in [0, 0.05) is 11.3 Å². The molecule has 2 N–H and O–H groups in total. The van der Waals surface area contributed by atoms with E-state index in [2.05, 4.69) is 22.4 Å². The molecule has 0 radical (unpaired) electrons. The Hall–Kier alpha value is -1.62. The van der Waals surface area contributed by atoms with Gasteiger partial charge in [-0.3, -0.25) is 0 Å². The zero-order valence-corrected chi connectivity index (χ0v) is 12.3. The highest BCUT2D eigenvalue weighted by Crippen LogP contribution is 2.39.